The lowest BCUT2D eigenvalue weighted by atomic mass is 10.0. The summed E-state index contributed by atoms with van der Waals surface area (Å²) in [5, 5.41) is 69.0. The highest BCUT2D eigenvalue weighted by Gasteiger charge is 2.40. The van der Waals surface area contributed by atoms with Gasteiger partial charge in [-0.3, -0.25) is 44.3 Å². The van der Waals surface area contributed by atoms with Crippen LogP contribution in [0.4, 0.5) is 0 Å². The number of aliphatic hydroxyl groups excluding tert-OH is 3. The van der Waals surface area contributed by atoms with E-state index in [1.807, 2.05) is 0 Å². The number of nitrogens with one attached hydrogen (secondary N) is 9. The standard InChI is InChI=1S/C41H78N16O12/c1-22(51-38(66)32(29(59)20-45)56-34(62)24(46)10-3-5-15-42)33(61)50-21-30(60)52-26(12-7-17-44)39(67)57-19-9-14-28(57)36(64)55-31(23(2)58)37(65)53-25(11-4-6-16-43)35(63)54-27(40(68)69)13-8-18-49-41(47)48/h13,22-26,28-29,31-32,36,55,58-59,64H,3-12,14-21,42-46H2,1-2H3,(H,50,61)(H,51,66)(H,52,60)(H,53,65)(H,54,63)(H,56,62)(H,68,69)(H4,47,48,49)/b27-13-/t22-,23+,24-,25-,26+,28-,29-,31?,32-,36?/m0/s1. The zero-order valence-electron chi connectivity index (χ0n) is 39.5. The summed E-state index contributed by atoms with van der Waals surface area (Å²) in [6.07, 6.45) is -0.119. The van der Waals surface area contributed by atoms with Crippen LogP contribution in [0.15, 0.2) is 11.8 Å². The molecule has 1 aliphatic rings. The summed E-state index contributed by atoms with van der Waals surface area (Å²) in [5.74, 6) is -7.55. The van der Waals surface area contributed by atoms with E-state index in [-0.39, 0.29) is 70.7 Å². The molecule has 1 saturated heterocycles. The van der Waals surface area contributed by atoms with E-state index in [4.69, 9.17) is 39.8 Å². The predicted octanol–water partition coefficient (Wildman–Crippen LogP) is -7.69. The van der Waals surface area contributed by atoms with E-state index in [2.05, 4.69) is 42.5 Å². The molecule has 0 aromatic rings. The fourth-order valence-corrected chi connectivity index (χ4v) is 7.07. The average Bonchev–Trinajstić information content (AvgIpc) is 3.80. The van der Waals surface area contributed by atoms with Gasteiger partial charge in [-0.25, -0.2) is 4.79 Å². The largest absolute Gasteiger partial charge is 0.477 e. The maximum Gasteiger partial charge on any atom is 0.352 e. The van der Waals surface area contributed by atoms with Crippen molar-refractivity contribution in [3.05, 3.63) is 11.8 Å². The van der Waals surface area contributed by atoms with Crippen LogP contribution in [0.25, 0.3) is 0 Å². The lowest BCUT2D eigenvalue weighted by molar-refractivity contribution is -0.140. The van der Waals surface area contributed by atoms with Gasteiger partial charge >= 0.3 is 5.97 Å². The second kappa shape index (κ2) is 33.0. The number of aliphatic hydroxyl groups is 3. The van der Waals surface area contributed by atoms with Gasteiger partial charge in [0.25, 0.3) is 0 Å². The highest BCUT2D eigenvalue weighted by atomic mass is 16.4. The summed E-state index contributed by atoms with van der Waals surface area (Å²) in [6, 6.07) is -8.88. The lowest BCUT2D eigenvalue weighted by Gasteiger charge is -2.34. The number of likely N-dealkylation sites (tertiary alicyclic amines) is 1. The Morgan fingerprint density at radius 3 is 1.93 bits per heavy atom. The van der Waals surface area contributed by atoms with Crippen molar-refractivity contribution in [1.82, 2.24) is 47.4 Å². The molecule has 0 spiro atoms. The Balaban J connectivity index is 3.07. The minimum absolute atomic E-state index is 0.0248. The van der Waals surface area contributed by atoms with Crippen LogP contribution in [0.3, 0.4) is 0 Å². The van der Waals surface area contributed by atoms with Gasteiger partial charge in [-0.05, 0) is 97.7 Å². The average molecular weight is 987 g/mol. The van der Waals surface area contributed by atoms with Gasteiger partial charge in [-0.1, -0.05) is 12.5 Å². The van der Waals surface area contributed by atoms with E-state index in [9.17, 15) is 58.8 Å². The Labute approximate surface area is 401 Å². The summed E-state index contributed by atoms with van der Waals surface area (Å²) in [6.45, 7) is 2.52. The molecule has 1 heterocycles. The molecule has 1 fully saturated rings. The van der Waals surface area contributed by atoms with E-state index >= 15 is 0 Å². The van der Waals surface area contributed by atoms with Gasteiger partial charge in [0.15, 0.2) is 5.96 Å². The molecule has 2 unspecified atom stereocenters. The van der Waals surface area contributed by atoms with Gasteiger partial charge in [-0.15, -0.1) is 0 Å². The highest BCUT2D eigenvalue weighted by molar-refractivity contribution is 5.97. The van der Waals surface area contributed by atoms with E-state index in [0.29, 0.717) is 38.6 Å². The van der Waals surface area contributed by atoms with Crippen LogP contribution in [0.2, 0.25) is 0 Å². The van der Waals surface area contributed by atoms with Crippen LogP contribution in [0, 0.1) is 5.41 Å². The summed E-state index contributed by atoms with van der Waals surface area (Å²) < 4.78 is 0. The molecule has 7 amide bonds. The predicted molar refractivity (Wildman–Crippen MR) is 251 cm³/mol. The number of unbranched alkanes of at least 4 members (excludes halogenated alkanes) is 2. The molecule has 0 saturated carbocycles. The number of carboxylic acid groups (broad SMARTS) is 1. The van der Waals surface area contributed by atoms with Crippen LogP contribution in [-0.4, -0.2) is 185 Å². The molecule has 0 aromatic heterocycles. The lowest BCUT2D eigenvalue weighted by Crippen LogP contribution is -2.62. The molecular formula is C41H78N16O12. The Morgan fingerprint density at radius 1 is 0.739 bits per heavy atom. The molecule has 0 aliphatic carbocycles. The molecule has 394 valence electrons. The van der Waals surface area contributed by atoms with Crippen LogP contribution >= 0.6 is 0 Å². The van der Waals surface area contributed by atoms with Crippen molar-refractivity contribution in [2.75, 3.05) is 45.8 Å². The third-order valence-electron chi connectivity index (χ3n) is 11.0. The van der Waals surface area contributed by atoms with E-state index in [0.717, 1.165) is 0 Å². The first-order valence-corrected chi connectivity index (χ1v) is 23.1. The number of carbonyl (C=O) groups excluding carboxylic acids is 7. The fourth-order valence-electron chi connectivity index (χ4n) is 7.07. The van der Waals surface area contributed by atoms with Crippen LogP contribution < -0.4 is 76.9 Å². The minimum atomic E-state index is -1.63. The van der Waals surface area contributed by atoms with Gasteiger partial charge < -0.3 is 96.9 Å². The molecule has 1 rings (SSSR count). The highest BCUT2D eigenvalue weighted by Crippen LogP contribution is 2.22. The molecule has 28 nitrogen and oxygen atoms in total. The molecule has 10 atom stereocenters. The summed E-state index contributed by atoms with van der Waals surface area (Å²) in [4.78, 5) is 106. The van der Waals surface area contributed by atoms with Gasteiger partial charge in [0.05, 0.1) is 30.8 Å². The number of hydrogen-bond donors (Lipinski definition) is 19. The normalized spacial score (nSPS) is 17.6. The Kier molecular flexibility index (Phi) is 29.4. The number of carboxylic acids is 1. The Bertz CT molecular complexity index is 1730. The molecule has 28 heteroatoms. The van der Waals surface area contributed by atoms with E-state index in [1.165, 1.54) is 24.8 Å². The van der Waals surface area contributed by atoms with E-state index in [1.54, 1.807) is 0 Å². The summed E-state index contributed by atoms with van der Waals surface area (Å²) in [5.41, 5.74) is 33.0. The third-order valence-corrected chi connectivity index (χ3v) is 11.0. The van der Waals surface area contributed by atoms with Crippen molar-refractivity contribution in [3.63, 3.8) is 0 Å². The van der Waals surface area contributed by atoms with Gasteiger partial charge in [0.2, 0.25) is 41.4 Å². The van der Waals surface area contributed by atoms with Crippen molar-refractivity contribution in [2.45, 2.75) is 145 Å². The molecule has 0 aromatic carbocycles. The van der Waals surface area contributed by atoms with Gasteiger partial charge in [0.1, 0.15) is 42.1 Å². The van der Waals surface area contributed by atoms with Crippen molar-refractivity contribution in [2.24, 2.45) is 34.4 Å². The first kappa shape index (κ1) is 61.4. The number of aliphatic carboxylic acids is 1. The number of nitrogens with zero attached hydrogens (tertiary/aromatic N) is 1. The molecule has 1 aliphatic heterocycles. The van der Waals surface area contributed by atoms with Crippen molar-refractivity contribution >= 4 is 53.3 Å². The van der Waals surface area contributed by atoms with Crippen molar-refractivity contribution < 1.29 is 58.8 Å². The first-order chi connectivity index (χ1) is 32.6. The van der Waals surface area contributed by atoms with Crippen LogP contribution in [-0.2, 0) is 38.4 Å². The molecular weight excluding hydrogens is 909 g/mol. The smallest absolute Gasteiger partial charge is 0.352 e. The maximum atomic E-state index is 14.0. The van der Waals surface area contributed by atoms with Crippen molar-refractivity contribution in [3.8, 4) is 0 Å². The molecule has 25 N–H and O–H groups in total. The van der Waals surface area contributed by atoms with E-state index < -0.39 is 127 Å². The van der Waals surface area contributed by atoms with Crippen LogP contribution in [0.1, 0.15) is 84.5 Å². The summed E-state index contributed by atoms with van der Waals surface area (Å²) in [7, 11) is 0. The topological polar surface area (TPSA) is 497 Å². The monoisotopic (exact) mass is 987 g/mol. The number of nitrogens with two attached hydrogens (primary N) is 6. The summed E-state index contributed by atoms with van der Waals surface area (Å²) >= 11 is 0. The number of hydrogen-bond acceptors (Lipinski definition) is 18. The molecule has 0 bridgehead atoms. The Morgan fingerprint density at radius 2 is 1.35 bits per heavy atom. The third kappa shape index (κ3) is 22.6. The van der Waals surface area contributed by atoms with Gasteiger partial charge in [0, 0.05) is 19.6 Å². The molecule has 0 radical (unpaired) electrons. The van der Waals surface area contributed by atoms with Crippen LogP contribution in [0.5, 0.6) is 0 Å². The SMILES string of the molecule is C[C@H](NC(=O)[C@@H](NC(=O)[C@@H](N)CCCCN)[C@@H](O)CN)C(=O)NCC(=O)N[C@H](CCCN)C(=O)N1CCC[C@H]1C(O)NC(C(=O)N[C@@H](CCCCN)C(=O)N/C(=C\CCNC(=N)N)C(=O)O)[C@@H](C)O. The fraction of sp³-hybridized carbons (Fsp3) is 0.732. The van der Waals surface area contributed by atoms with Crippen molar-refractivity contribution in [1.29, 1.82) is 5.41 Å². The second-order valence-electron chi connectivity index (χ2n) is 16.6. The maximum absolute atomic E-state index is 14.0. The number of carbonyl (C=O) groups is 8. The minimum Gasteiger partial charge on any atom is -0.477 e. The van der Waals surface area contributed by atoms with Gasteiger partial charge in [-0.2, -0.15) is 0 Å². The second-order valence-corrected chi connectivity index (χ2v) is 16.6. The Hall–Kier alpha value is -5.59. The zero-order valence-corrected chi connectivity index (χ0v) is 39.5. The number of amides is 7. The zero-order chi connectivity index (χ0) is 52.2. The quantitative estimate of drug-likeness (QED) is 0.00936. The number of guanidine groups is 1. The molecule has 69 heavy (non-hydrogen) atoms. The first-order valence-electron chi connectivity index (χ1n) is 23.1. The number of rotatable bonds is 34.